The lowest BCUT2D eigenvalue weighted by molar-refractivity contribution is -0.127. The van der Waals surface area contributed by atoms with Crippen molar-refractivity contribution in [3.05, 3.63) is 30.0 Å². The average Bonchev–Trinajstić information content (AvgIpc) is 3.11. The molecular formula is C24H35N3O2. The molecule has 1 saturated heterocycles. The van der Waals surface area contributed by atoms with Crippen LogP contribution in [-0.2, 0) is 17.9 Å². The smallest absolute Gasteiger partial charge is 0.223 e. The summed E-state index contributed by atoms with van der Waals surface area (Å²) < 4.78 is 7.76. The van der Waals surface area contributed by atoms with Gasteiger partial charge in [-0.15, -0.1) is 0 Å². The maximum Gasteiger partial charge on any atom is 0.223 e. The summed E-state index contributed by atoms with van der Waals surface area (Å²) in [5.41, 5.74) is 2.62. The minimum absolute atomic E-state index is 0.185. The van der Waals surface area contributed by atoms with Crippen molar-refractivity contribution in [1.82, 2.24) is 14.8 Å². The first-order valence-electron chi connectivity index (χ1n) is 11.4. The van der Waals surface area contributed by atoms with E-state index in [9.17, 15) is 4.79 Å². The van der Waals surface area contributed by atoms with Crippen molar-refractivity contribution in [2.24, 2.45) is 5.92 Å². The van der Waals surface area contributed by atoms with Gasteiger partial charge < -0.3 is 14.6 Å². The average molecular weight is 398 g/mol. The van der Waals surface area contributed by atoms with E-state index in [1.807, 2.05) is 6.07 Å². The van der Waals surface area contributed by atoms with Crippen molar-refractivity contribution in [2.45, 2.75) is 71.0 Å². The first-order valence-corrected chi connectivity index (χ1v) is 11.4. The largest absolute Gasteiger partial charge is 0.497 e. The monoisotopic (exact) mass is 397 g/mol. The fourth-order valence-electron chi connectivity index (χ4n) is 5.02. The van der Waals surface area contributed by atoms with Crippen LogP contribution in [0, 0.1) is 5.92 Å². The second-order valence-corrected chi connectivity index (χ2v) is 8.72. The molecule has 1 aromatic carbocycles. The number of rotatable bonds is 6. The third-order valence-corrected chi connectivity index (χ3v) is 6.82. The topological polar surface area (TPSA) is 46.5 Å². The molecule has 0 bridgehead atoms. The Bertz CT molecular complexity index is 830. The molecule has 1 aliphatic carbocycles. The van der Waals surface area contributed by atoms with Crippen molar-refractivity contribution in [3.63, 3.8) is 0 Å². The summed E-state index contributed by atoms with van der Waals surface area (Å²) in [6, 6.07) is 6.77. The summed E-state index contributed by atoms with van der Waals surface area (Å²) in [6.07, 6.45) is 10.4. The number of fused-ring (bicyclic) bond motifs is 1. The number of aromatic nitrogens is 1. The molecule has 0 radical (unpaired) electrons. The number of likely N-dealkylation sites (tertiary alicyclic amines) is 1. The number of hydrogen-bond donors (Lipinski definition) is 1. The Morgan fingerprint density at radius 1 is 1.14 bits per heavy atom. The summed E-state index contributed by atoms with van der Waals surface area (Å²) in [5.74, 6) is 1.39. The highest BCUT2D eigenvalue weighted by Gasteiger charge is 2.27. The Balaban J connectivity index is 1.36. The van der Waals surface area contributed by atoms with Gasteiger partial charge in [-0.1, -0.05) is 19.3 Å². The Labute approximate surface area is 174 Å². The number of nitrogens with zero attached hydrogens (tertiary/aromatic N) is 2. The molecule has 1 saturated carbocycles. The van der Waals surface area contributed by atoms with Crippen LogP contribution < -0.4 is 10.1 Å². The van der Waals surface area contributed by atoms with Gasteiger partial charge in [0.1, 0.15) is 5.75 Å². The third kappa shape index (κ3) is 4.61. The third-order valence-electron chi connectivity index (χ3n) is 6.82. The van der Waals surface area contributed by atoms with Gasteiger partial charge in [-0.2, -0.15) is 0 Å². The van der Waals surface area contributed by atoms with Gasteiger partial charge in [0.25, 0.3) is 0 Å². The summed E-state index contributed by atoms with van der Waals surface area (Å²) in [6.45, 7) is 6.07. The maximum atomic E-state index is 12.7. The molecule has 158 valence electrons. The minimum atomic E-state index is 0.185. The summed E-state index contributed by atoms with van der Waals surface area (Å²) in [5, 5.41) is 4.61. The highest BCUT2D eigenvalue weighted by Crippen LogP contribution is 2.28. The molecule has 1 amide bonds. The summed E-state index contributed by atoms with van der Waals surface area (Å²) in [7, 11) is 1.72. The van der Waals surface area contributed by atoms with E-state index in [0.717, 1.165) is 57.6 Å². The maximum absolute atomic E-state index is 12.7. The van der Waals surface area contributed by atoms with Crippen LogP contribution >= 0.6 is 0 Å². The van der Waals surface area contributed by atoms with Crippen LogP contribution in [0.25, 0.3) is 10.9 Å². The van der Waals surface area contributed by atoms with Crippen LogP contribution in [0.1, 0.15) is 57.4 Å². The lowest BCUT2D eigenvalue weighted by Gasteiger charge is -2.32. The van der Waals surface area contributed by atoms with Gasteiger partial charge in [0, 0.05) is 42.1 Å². The molecule has 5 heteroatoms. The quantitative estimate of drug-likeness (QED) is 0.789. The molecule has 29 heavy (non-hydrogen) atoms. The molecule has 0 unspecified atom stereocenters. The van der Waals surface area contributed by atoms with Gasteiger partial charge in [-0.25, -0.2) is 0 Å². The number of nitrogens with one attached hydrogen (secondary N) is 1. The zero-order valence-corrected chi connectivity index (χ0v) is 18.0. The lowest BCUT2D eigenvalue weighted by atomic mass is 9.92. The number of aryl methyl sites for hydroxylation is 1. The molecular weight excluding hydrogens is 362 g/mol. The van der Waals surface area contributed by atoms with Crippen LogP contribution in [-0.4, -0.2) is 41.6 Å². The van der Waals surface area contributed by atoms with E-state index in [2.05, 4.69) is 40.0 Å². The van der Waals surface area contributed by atoms with Crippen LogP contribution in [0.4, 0.5) is 0 Å². The molecule has 2 aliphatic rings. The summed E-state index contributed by atoms with van der Waals surface area (Å²) >= 11 is 0. The molecule has 4 rings (SSSR count). The second kappa shape index (κ2) is 9.21. The Morgan fingerprint density at radius 2 is 1.90 bits per heavy atom. The number of carbonyl (C=O) groups excluding carboxylic acids is 1. The van der Waals surface area contributed by atoms with E-state index in [1.165, 1.54) is 35.7 Å². The Kier molecular flexibility index (Phi) is 6.43. The molecule has 2 fully saturated rings. The van der Waals surface area contributed by atoms with E-state index < -0.39 is 0 Å². The molecule has 0 spiro atoms. The number of piperidine rings is 1. The second-order valence-electron chi connectivity index (χ2n) is 8.72. The number of amides is 1. The normalized spacial score (nSPS) is 19.5. The van der Waals surface area contributed by atoms with Gasteiger partial charge in [0.2, 0.25) is 5.91 Å². The molecule has 1 aliphatic heterocycles. The Morgan fingerprint density at radius 3 is 2.59 bits per heavy atom. The van der Waals surface area contributed by atoms with Crippen molar-refractivity contribution in [3.8, 4) is 5.75 Å². The number of benzene rings is 1. The standard InChI is InChI=1S/C24H35N3O2/c1-3-27-17-19(22-15-21(29-2)9-10-23(22)27)16-26-13-11-18(12-14-26)24(28)25-20-7-5-4-6-8-20/h9-10,15,17-18,20H,3-8,11-14,16H2,1-2H3,(H,25,28). The Hall–Kier alpha value is -2.01. The molecule has 5 nitrogen and oxygen atoms in total. The number of hydrogen-bond acceptors (Lipinski definition) is 3. The van der Waals surface area contributed by atoms with Gasteiger partial charge >= 0.3 is 0 Å². The predicted octanol–water partition coefficient (Wildman–Crippen LogP) is 4.33. The van der Waals surface area contributed by atoms with Crippen molar-refractivity contribution in [2.75, 3.05) is 20.2 Å². The van der Waals surface area contributed by atoms with Crippen LogP contribution in [0.5, 0.6) is 5.75 Å². The van der Waals surface area contributed by atoms with Crippen LogP contribution in [0.2, 0.25) is 0 Å². The first-order chi connectivity index (χ1) is 14.2. The highest BCUT2D eigenvalue weighted by molar-refractivity contribution is 5.85. The van der Waals surface area contributed by atoms with Gasteiger partial charge in [0.05, 0.1) is 7.11 Å². The van der Waals surface area contributed by atoms with E-state index in [1.54, 1.807) is 7.11 Å². The first kappa shape index (κ1) is 20.3. The van der Waals surface area contributed by atoms with E-state index in [0.29, 0.717) is 11.9 Å². The van der Waals surface area contributed by atoms with Crippen LogP contribution in [0.3, 0.4) is 0 Å². The van der Waals surface area contributed by atoms with Gasteiger partial charge in [-0.3, -0.25) is 9.69 Å². The summed E-state index contributed by atoms with van der Waals surface area (Å²) in [4.78, 5) is 15.2. The zero-order chi connectivity index (χ0) is 20.2. The minimum Gasteiger partial charge on any atom is -0.497 e. The number of methoxy groups -OCH3 is 1. The van der Waals surface area contributed by atoms with Crippen LogP contribution in [0.15, 0.2) is 24.4 Å². The van der Waals surface area contributed by atoms with Gasteiger partial charge in [-0.05, 0) is 69.5 Å². The fraction of sp³-hybridized carbons (Fsp3) is 0.625. The van der Waals surface area contributed by atoms with Gasteiger partial charge in [0.15, 0.2) is 0 Å². The molecule has 0 atom stereocenters. The lowest BCUT2D eigenvalue weighted by Crippen LogP contribution is -2.44. The highest BCUT2D eigenvalue weighted by atomic mass is 16.5. The zero-order valence-electron chi connectivity index (χ0n) is 18.0. The van der Waals surface area contributed by atoms with E-state index in [-0.39, 0.29) is 5.92 Å². The SMILES string of the molecule is CCn1cc(CN2CCC(C(=O)NC3CCCCC3)CC2)c2cc(OC)ccc21. The molecule has 1 aromatic heterocycles. The van der Waals surface area contributed by atoms with Crippen molar-refractivity contribution >= 4 is 16.8 Å². The van der Waals surface area contributed by atoms with Crippen molar-refractivity contribution in [1.29, 1.82) is 0 Å². The number of carbonyl (C=O) groups is 1. The number of ether oxygens (including phenoxy) is 1. The van der Waals surface area contributed by atoms with Crippen molar-refractivity contribution < 1.29 is 9.53 Å². The molecule has 1 N–H and O–H groups in total. The van der Waals surface area contributed by atoms with E-state index >= 15 is 0 Å². The molecule has 2 aromatic rings. The molecule has 2 heterocycles. The predicted molar refractivity (Wildman–Crippen MR) is 117 cm³/mol. The van der Waals surface area contributed by atoms with E-state index in [4.69, 9.17) is 4.74 Å². The fourth-order valence-corrected chi connectivity index (χ4v) is 5.02.